The molecule has 5 nitrogen and oxygen atoms in total. The van der Waals surface area contributed by atoms with Crippen molar-refractivity contribution in [3.8, 4) is 6.07 Å². The Labute approximate surface area is 121 Å². The molecule has 0 bridgehead atoms. The van der Waals surface area contributed by atoms with Crippen molar-refractivity contribution in [3.63, 3.8) is 0 Å². The van der Waals surface area contributed by atoms with Crippen LogP contribution in [0, 0.1) is 11.3 Å². The normalized spacial score (nSPS) is 14.2. The van der Waals surface area contributed by atoms with E-state index in [9.17, 15) is 0 Å². The standard InChI is InChI=1S/C15H25N3O2/c1-5-13(11-16)10-14(6-2)15(20-17)12-18(7-3)8-9-19-4/h5-6,10,15H,2,7-9,12,17H2,1,3-4H3/b13-5+,14-10+. The number of nitrogens with zero attached hydrogens (tertiary/aromatic N) is 2. The van der Waals surface area contributed by atoms with E-state index in [1.807, 2.05) is 6.92 Å². The Balaban J connectivity index is 4.94. The van der Waals surface area contributed by atoms with Gasteiger partial charge < -0.3 is 4.74 Å². The molecular weight excluding hydrogens is 254 g/mol. The van der Waals surface area contributed by atoms with Gasteiger partial charge in [0.15, 0.2) is 0 Å². The van der Waals surface area contributed by atoms with E-state index in [4.69, 9.17) is 20.7 Å². The minimum Gasteiger partial charge on any atom is -0.383 e. The first-order chi connectivity index (χ1) is 9.66. The SMILES string of the molecule is C=C/C(=C\C(C#N)=C/C)C(CN(CC)CCOC)ON. The predicted octanol–water partition coefficient (Wildman–Crippen LogP) is 1.80. The molecule has 2 N–H and O–H groups in total. The number of likely N-dealkylation sites (N-methyl/N-ethyl adjacent to an activating group) is 1. The van der Waals surface area contributed by atoms with Crippen molar-refractivity contribution in [1.82, 2.24) is 4.90 Å². The Morgan fingerprint density at radius 2 is 2.25 bits per heavy atom. The van der Waals surface area contributed by atoms with E-state index in [0.29, 0.717) is 18.7 Å². The van der Waals surface area contributed by atoms with Crippen LogP contribution in [0.3, 0.4) is 0 Å². The van der Waals surface area contributed by atoms with E-state index in [0.717, 1.165) is 18.7 Å². The number of methoxy groups -OCH3 is 1. The molecule has 20 heavy (non-hydrogen) atoms. The third-order valence-electron chi connectivity index (χ3n) is 3.02. The van der Waals surface area contributed by atoms with Gasteiger partial charge >= 0.3 is 0 Å². The summed E-state index contributed by atoms with van der Waals surface area (Å²) in [5.74, 6) is 5.39. The van der Waals surface area contributed by atoms with Gasteiger partial charge in [0, 0.05) is 25.8 Å². The van der Waals surface area contributed by atoms with Crippen LogP contribution in [0.1, 0.15) is 13.8 Å². The monoisotopic (exact) mass is 279 g/mol. The number of nitriles is 1. The fourth-order valence-electron chi connectivity index (χ4n) is 1.70. The Kier molecular flexibility index (Phi) is 10.6. The second-order valence-electron chi connectivity index (χ2n) is 4.22. The van der Waals surface area contributed by atoms with E-state index >= 15 is 0 Å². The molecule has 0 saturated carbocycles. The average molecular weight is 279 g/mol. The molecule has 0 aliphatic heterocycles. The lowest BCUT2D eigenvalue weighted by atomic mass is 10.1. The second kappa shape index (κ2) is 11.4. The summed E-state index contributed by atoms with van der Waals surface area (Å²) in [5, 5.41) is 8.97. The molecule has 0 radical (unpaired) electrons. The van der Waals surface area contributed by atoms with E-state index in [-0.39, 0.29) is 6.10 Å². The molecule has 0 saturated heterocycles. The zero-order chi connectivity index (χ0) is 15.4. The highest BCUT2D eigenvalue weighted by atomic mass is 16.6. The van der Waals surface area contributed by atoms with E-state index in [1.165, 1.54) is 0 Å². The summed E-state index contributed by atoms with van der Waals surface area (Å²) in [7, 11) is 1.67. The molecule has 0 spiro atoms. The summed E-state index contributed by atoms with van der Waals surface area (Å²) < 4.78 is 5.07. The van der Waals surface area contributed by atoms with Crippen LogP contribution >= 0.6 is 0 Å². The summed E-state index contributed by atoms with van der Waals surface area (Å²) in [6, 6.07) is 2.10. The molecule has 5 heteroatoms. The van der Waals surface area contributed by atoms with Gasteiger partial charge in [0.05, 0.1) is 12.7 Å². The smallest absolute Gasteiger partial charge is 0.116 e. The van der Waals surface area contributed by atoms with E-state index < -0.39 is 0 Å². The predicted molar refractivity (Wildman–Crippen MR) is 80.7 cm³/mol. The maximum absolute atomic E-state index is 8.97. The maximum Gasteiger partial charge on any atom is 0.116 e. The van der Waals surface area contributed by atoms with Crippen molar-refractivity contribution in [2.24, 2.45) is 5.90 Å². The third-order valence-corrected chi connectivity index (χ3v) is 3.02. The van der Waals surface area contributed by atoms with Crippen LogP contribution in [-0.2, 0) is 9.57 Å². The topological polar surface area (TPSA) is 71.5 Å². The van der Waals surface area contributed by atoms with Crippen molar-refractivity contribution in [3.05, 3.63) is 36.0 Å². The van der Waals surface area contributed by atoms with Gasteiger partial charge in [-0.1, -0.05) is 25.7 Å². The zero-order valence-corrected chi connectivity index (χ0v) is 12.6. The number of hydrogen-bond acceptors (Lipinski definition) is 5. The number of ether oxygens (including phenoxy) is 1. The Bertz CT molecular complexity index is 383. The van der Waals surface area contributed by atoms with Crippen molar-refractivity contribution < 1.29 is 9.57 Å². The van der Waals surface area contributed by atoms with Gasteiger partial charge in [-0.2, -0.15) is 5.26 Å². The molecule has 0 aromatic carbocycles. The van der Waals surface area contributed by atoms with Gasteiger partial charge in [-0.15, -0.1) is 0 Å². The molecule has 0 heterocycles. The van der Waals surface area contributed by atoms with Crippen LogP contribution in [0.4, 0.5) is 0 Å². The van der Waals surface area contributed by atoms with Crippen LogP contribution in [0.2, 0.25) is 0 Å². The molecule has 0 rings (SSSR count). The molecular formula is C15H25N3O2. The van der Waals surface area contributed by atoms with Crippen LogP contribution in [0.15, 0.2) is 36.0 Å². The lowest BCUT2D eigenvalue weighted by Crippen LogP contribution is -2.38. The minimum atomic E-state index is -0.326. The van der Waals surface area contributed by atoms with E-state index in [1.54, 1.807) is 25.3 Å². The molecule has 0 amide bonds. The van der Waals surface area contributed by atoms with Gasteiger partial charge in [0.1, 0.15) is 6.10 Å². The molecule has 1 unspecified atom stereocenters. The minimum absolute atomic E-state index is 0.326. The largest absolute Gasteiger partial charge is 0.383 e. The molecule has 0 aromatic heterocycles. The van der Waals surface area contributed by atoms with Crippen molar-refractivity contribution in [2.45, 2.75) is 20.0 Å². The second-order valence-corrected chi connectivity index (χ2v) is 4.22. The first-order valence-electron chi connectivity index (χ1n) is 6.63. The van der Waals surface area contributed by atoms with Crippen molar-refractivity contribution in [2.75, 3.05) is 33.4 Å². The van der Waals surface area contributed by atoms with Crippen LogP contribution in [-0.4, -0.2) is 44.4 Å². The van der Waals surface area contributed by atoms with Crippen LogP contribution in [0.5, 0.6) is 0 Å². The number of rotatable bonds is 10. The van der Waals surface area contributed by atoms with Crippen molar-refractivity contribution >= 4 is 0 Å². The molecule has 0 aliphatic rings. The number of hydrogen-bond donors (Lipinski definition) is 1. The first kappa shape index (κ1) is 18.6. The lowest BCUT2D eigenvalue weighted by molar-refractivity contribution is 0.0442. The zero-order valence-electron chi connectivity index (χ0n) is 12.6. The number of allylic oxidation sites excluding steroid dienone is 3. The molecule has 0 aromatic rings. The highest BCUT2D eigenvalue weighted by Gasteiger charge is 2.16. The average Bonchev–Trinajstić information content (AvgIpc) is 2.50. The summed E-state index contributed by atoms with van der Waals surface area (Å²) in [4.78, 5) is 7.21. The molecule has 0 aliphatic carbocycles. The first-order valence-corrected chi connectivity index (χ1v) is 6.63. The Morgan fingerprint density at radius 1 is 1.55 bits per heavy atom. The highest BCUT2D eigenvalue weighted by molar-refractivity contribution is 5.39. The van der Waals surface area contributed by atoms with Crippen LogP contribution in [0.25, 0.3) is 0 Å². The van der Waals surface area contributed by atoms with Gasteiger partial charge in [-0.3, -0.25) is 9.74 Å². The Hall–Kier alpha value is -1.45. The molecule has 112 valence electrons. The summed E-state index contributed by atoms with van der Waals surface area (Å²) in [6.45, 7) is 10.6. The van der Waals surface area contributed by atoms with Gasteiger partial charge in [0.2, 0.25) is 0 Å². The summed E-state index contributed by atoms with van der Waals surface area (Å²) in [5.41, 5.74) is 1.35. The molecule has 0 fully saturated rings. The maximum atomic E-state index is 8.97. The summed E-state index contributed by atoms with van der Waals surface area (Å²) >= 11 is 0. The van der Waals surface area contributed by atoms with E-state index in [2.05, 4.69) is 24.5 Å². The Morgan fingerprint density at radius 3 is 2.65 bits per heavy atom. The van der Waals surface area contributed by atoms with Crippen molar-refractivity contribution in [1.29, 1.82) is 5.26 Å². The summed E-state index contributed by atoms with van der Waals surface area (Å²) in [6.07, 6.45) is 4.82. The highest BCUT2D eigenvalue weighted by Crippen LogP contribution is 2.12. The fraction of sp³-hybridized carbons (Fsp3) is 0.533. The van der Waals surface area contributed by atoms with Gasteiger partial charge in [-0.25, -0.2) is 5.90 Å². The quantitative estimate of drug-likeness (QED) is 0.375. The van der Waals surface area contributed by atoms with Gasteiger partial charge in [0.25, 0.3) is 0 Å². The third kappa shape index (κ3) is 6.64. The van der Waals surface area contributed by atoms with Gasteiger partial charge in [-0.05, 0) is 25.1 Å². The molecule has 1 atom stereocenters. The fourth-order valence-corrected chi connectivity index (χ4v) is 1.70. The van der Waals surface area contributed by atoms with Crippen LogP contribution < -0.4 is 5.90 Å². The number of nitrogens with two attached hydrogens (primary N) is 1. The lowest BCUT2D eigenvalue weighted by Gasteiger charge is -2.25.